The molecule has 0 aromatic heterocycles. The molecule has 0 fully saturated rings. The second-order valence-electron chi connectivity index (χ2n) is 4.69. The minimum Gasteiger partial charge on any atom is -0.392 e. The van der Waals surface area contributed by atoms with E-state index in [0.29, 0.717) is 11.3 Å². The van der Waals surface area contributed by atoms with Crippen molar-refractivity contribution in [2.45, 2.75) is 6.61 Å². The molecule has 0 aliphatic carbocycles. The summed E-state index contributed by atoms with van der Waals surface area (Å²) in [7, 11) is 0. The van der Waals surface area contributed by atoms with Crippen molar-refractivity contribution in [1.82, 2.24) is 5.32 Å². The first-order valence-electron chi connectivity index (χ1n) is 6.67. The molecule has 0 atom stereocenters. The van der Waals surface area contributed by atoms with Gasteiger partial charge in [-0.2, -0.15) is 0 Å². The van der Waals surface area contributed by atoms with Crippen molar-refractivity contribution in [1.29, 1.82) is 0 Å². The van der Waals surface area contributed by atoms with Crippen LogP contribution in [0, 0.1) is 10.1 Å². The Balaban J connectivity index is 2.07. The molecule has 0 heterocycles. The summed E-state index contributed by atoms with van der Waals surface area (Å²) in [5, 5.41) is 25.1. The summed E-state index contributed by atoms with van der Waals surface area (Å²) < 4.78 is 0. The average Bonchev–Trinajstić information content (AvgIpc) is 2.54. The number of rotatable bonds is 4. The number of carbonyl (C=O) groups excluding carboxylic acids is 1. The lowest BCUT2D eigenvalue weighted by molar-refractivity contribution is -0.384. The molecule has 0 spiro atoms. The molecule has 9 heteroatoms. The Hall–Kier alpha value is -2.55. The van der Waals surface area contributed by atoms with Crippen molar-refractivity contribution in [2.24, 2.45) is 0 Å². The highest BCUT2D eigenvalue weighted by atomic mass is 35.5. The van der Waals surface area contributed by atoms with Gasteiger partial charge < -0.3 is 10.4 Å². The zero-order chi connectivity index (χ0) is 17.7. The van der Waals surface area contributed by atoms with Gasteiger partial charge >= 0.3 is 0 Å². The fraction of sp³-hybridized carbons (Fsp3) is 0.0667. The van der Waals surface area contributed by atoms with E-state index < -0.39 is 10.8 Å². The number of benzene rings is 2. The summed E-state index contributed by atoms with van der Waals surface area (Å²) in [6.07, 6.45) is 0. The number of amides is 1. The van der Waals surface area contributed by atoms with Gasteiger partial charge in [0.15, 0.2) is 5.11 Å². The quantitative estimate of drug-likeness (QED) is 0.437. The Morgan fingerprint density at radius 2 is 2.04 bits per heavy atom. The molecule has 3 N–H and O–H groups in total. The first-order valence-corrected chi connectivity index (χ1v) is 7.45. The van der Waals surface area contributed by atoms with Crippen LogP contribution in [0.5, 0.6) is 0 Å². The Bertz CT molecular complexity index is 813. The van der Waals surface area contributed by atoms with Crippen molar-refractivity contribution < 1.29 is 14.8 Å². The monoisotopic (exact) mass is 365 g/mol. The van der Waals surface area contributed by atoms with Gasteiger partial charge in [-0.05, 0) is 42.0 Å². The second-order valence-corrected chi connectivity index (χ2v) is 5.51. The number of aliphatic hydroxyl groups excluding tert-OH is 1. The molecule has 2 rings (SSSR count). The first-order chi connectivity index (χ1) is 11.4. The lowest BCUT2D eigenvalue weighted by Crippen LogP contribution is -2.34. The number of carbonyl (C=O) groups is 1. The zero-order valence-corrected chi connectivity index (χ0v) is 13.7. The minimum atomic E-state index is -0.671. The Kier molecular flexibility index (Phi) is 5.80. The van der Waals surface area contributed by atoms with Crippen molar-refractivity contribution in [3.8, 4) is 0 Å². The van der Waals surface area contributed by atoms with Crippen LogP contribution in [0.4, 0.5) is 11.4 Å². The third-order valence-electron chi connectivity index (χ3n) is 3.00. The van der Waals surface area contributed by atoms with Crippen LogP contribution in [0.25, 0.3) is 0 Å². The number of nitro groups is 1. The number of anilines is 1. The van der Waals surface area contributed by atoms with Gasteiger partial charge in [0.1, 0.15) is 5.02 Å². The molecule has 2 aromatic rings. The van der Waals surface area contributed by atoms with Gasteiger partial charge in [0, 0.05) is 17.3 Å². The summed E-state index contributed by atoms with van der Waals surface area (Å²) in [5.41, 5.74) is 0.967. The van der Waals surface area contributed by atoms with Crippen LogP contribution in [0.2, 0.25) is 5.02 Å². The smallest absolute Gasteiger partial charge is 0.288 e. The Morgan fingerprint density at radius 1 is 1.29 bits per heavy atom. The van der Waals surface area contributed by atoms with Crippen LogP contribution in [0.3, 0.4) is 0 Å². The van der Waals surface area contributed by atoms with Gasteiger partial charge in [0.05, 0.1) is 11.5 Å². The van der Waals surface area contributed by atoms with Gasteiger partial charge in [-0.25, -0.2) is 0 Å². The third-order valence-corrected chi connectivity index (χ3v) is 3.52. The summed E-state index contributed by atoms with van der Waals surface area (Å²) in [6, 6.07) is 10.6. The number of aliphatic hydroxyl groups is 1. The highest BCUT2D eigenvalue weighted by Crippen LogP contribution is 2.25. The molecule has 0 radical (unpaired) electrons. The van der Waals surface area contributed by atoms with Crippen LogP contribution in [-0.2, 0) is 6.61 Å². The highest BCUT2D eigenvalue weighted by molar-refractivity contribution is 7.80. The molecule has 124 valence electrons. The lowest BCUT2D eigenvalue weighted by atomic mass is 10.2. The van der Waals surface area contributed by atoms with Gasteiger partial charge in [-0.15, -0.1) is 0 Å². The standard InChI is InChI=1S/C15H12ClN3O4S/c16-12-5-4-10(7-13(12)19(22)23)14(21)18-15(24)17-11-3-1-2-9(6-11)8-20/h1-7,20H,8H2,(H2,17,18,21,24). The van der Waals surface area contributed by atoms with E-state index in [1.54, 1.807) is 24.3 Å². The number of halogens is 1. The third kappa shape index (κ3) is 4.48. The molecule has 1 amide bonds. The minimum absolute atomic E-state index is 0.0210. The summed E-state index contributed by atoms with van der Waals surface area (Å²) in [5.74, 6) is -0.606. The maximum atomic E-state index is 12.1. The van der Waals surface area contributed by atoms with E-state index in [1.165, 1.54) is 12.1 Å². The number of nitro benzene ring substituents is 1. The Morgan fingerprint density at radius 3 is 2.71 bits per heavy atom. The average molecular weight is 366 g/mol. The van der Waals surface area contributed by atoms with E-state index in [4.69, 9.17) is 28.9 Å². The van der Waals surface area contributed by atoms with Gasteiger partial charge in [-0.1, -0.05) is 23.7 Å². The molecule has 0 aliphatic heterocycles. The largest absolute Gasteiger partial charge is 0.392 e. The Labute approximate surface area is 147 Å². The normalized spacial score (nSPS) is 10.1. The maximum Gasteiger partial charge on any atom is 0.288 e. The summed E-state index contributed by atoms with van der Waals surface area (Å²) in [4.78, 5) is 22.3. The fourth-order valence-corrected chi connectivity index (χ4v) is 2.28. The van der Waals surface area contributed by atoms with E-state index in [-0.39, 0.29) is 28.0 Å². The summed E-state index contributed by atoms with van der Waals surface area (Å²) in [6.45, 7) is -0.122. The molecule has 0 saturated carbocycles. The lowest BCUT2D eigenvalue weighted by Gasteiger charge is -2.10. The molecule has 24 heavy (non-hydrogen) atoms. The predicted molar refractivity (Wildman–Crippen MR) is 94.2 cm³/mol. The number of hydrogen-bond donors (Lipinski definition) is 3. The molecule has 2 aromatic carbocycles. The fourth-order valence-electron chi connectivity index (χ4n) is 1.88. The van der Waals surface area contributed by atoms with Crippen LogP contribution in [-0.4, -0.2) is 21.0 Å². The maximum absolute atomic E-state index is 12.1. The van der Waals surface area contributed by atoms with Crippen LogP contribution in [0.1, 0.15) is 15.9 Å². The van der Waals surface area contributed by atoms with E-state index in [9.17, 15) is 14.9 Å². The van der Waals surface area contributed by atoms with Gasteiger partial charge in [-0.3, -0.25) is 20.2 Å². The van der Waals surface area contributed by atoms with Crippen molar-refractivity contribution in [3.05, 3.63) is 68.7 Å². The van der Waals surface area contributed by atoms with E-state index in [0.717, 1.165) is 6.07 Å². The predicted octanol–water partition coefficient (Wildman–Crippen LogP) is 2.87. The van der Waals surface area contributed by atoms with Crippen LogP contribution in [0.15, 0.2) is 42.5 Å². The van der Waals surface area contributed by atoms with Crippen LogP contribution < -0.4 is 10.6 Å². The molecule has 0 saturated heterocycles. The van der Waals surface area contributed by atoms with E-state index in [2.05, 4.69) is 10.6 Å². The van der Waals surface area contributed by atoms with E-state index >= 15 is 0 Å². The number of hydrogen-bond acceptors (Lipinski definition) is 5. The van der Waals surface area contributed by atoms with Gasteiger partial charge in [0.2, 0.25) is 0 Å². The second kappa shape index (κ2) is 7.82. The van der Waals surface area contributed by atoms with Crippen molar-refractivity contribution in [2.75, 3.05) is 5.32 Å². The van der Waals surface area contributed by atoms with Crippen molar-refractivity contribution >= 4 is 46.2 Å². The molecule has 0 bridgehead atoms. The van der Waals surface area contributed by atoms with Crippen LogP contribution >= 0.6 is 23.8 Å². The number of nitrogens with one attached hydrogen (secondary N) is 2. The summed E-state index contributed by atoms with van der Waals surface area (Å²) >= 11 is 10.7. The SMILES string of the molecule is O=C(NC(=S)Nc1cccc(CO)c1)c1ccc(Cl)c([N+](=O)[O-])c1. The topological polar surface area (TPSA) is 104 Å². The highest BCUT2D eigenvalue weighted by Gasteiger charge is 2.17. The molecule has 0 unspecified atom stereocenters. The zero-order valence-electron chi connectivity index (χ0n) is 12.2. The molecule has 7 nitrogen and oxygen atoms in total. The van der Waals surface area contributed by atoms with Gasteiger partial charge in [0.25, 0.3) is 11.6 Å². The molecular weight excluding hydrogens is 354 g/mol. The first kappa shape index (κ1) is 17.8. The molecular formula is C15H12ClN3O4S. The van der Waals surface area contributed by atoms with E-state index in [1.807, 2.05) is 0 Å². The number of thiocarbonyl (C=S) groups is 1. The molecule has 0 aliphatic rings. The number of nitrogens with zero attached hydrogens (tertiary/aromatic N) is 1. The van der Waals surface area contributed by atoms with Crippen molar-refractivity contribution in [3.63, 3.8) is 0 Å².